The number of carbonyl (C=O) groups is 2. The van der Waals surface area contributed by atoms with Crippen LogP contribution < -0.4 is 9.62 Å². The fourth-order valence-electron chi connectivity index (χ4n) is 3.83. The summed E-state index contributed by atoms with van der Waals surface area (Å²) < 4.78 is 26.0. The maximum absolute atomic E-state index is 13.4. The smallest absolute Gasteiger partial charge is 0.242 e. The Bertz CT molecular complexity index is 1050. The minimum absolute atomic E-state index is 0.138. The molecule has 0 aliphatic carbocycles. The summed E-state index contributed by atoms with van der Waals surface area (Å²) in [6.07, 6.45) is 2.13. The van der Waals surface area contributed by atoms with Crippen molar-refractivity contribution in [2.75, 3.05) is 23.7 Å². The van der Waals surface area contributed by atoms with E-state index in [-0.39, 0.29) is 24.8 Å². The van der Waals surface area contributed by atoms with Crippen molar-refractivity contribution < 1.29 is 18.0 Å². The van der Waals surface area contributed by atoms with Crippen LogP contribution in [-0.4, -0.2) is 50.5 Å². The second-order valence-corrected chi connectivity index (χ2v) is 11.3. The molecule has 1 N–H and O–H groups in total. The first kappa shape index (κ1) is 28.4. The third-order valence-corrected chi connectivity index (χ3v) is 6.93. The number of sulfonamides is 1. The molecular weight excluding hydrogens is 462 g/mol. The van der Waals surface area contributed by atoms with Gasteiger partial charge < -0.3 is 10.2 Å². The first-order valence-electron chi connectivity index (χ1n) is 12.2. The summed E-state index contributed by atoms with van der Waals surface area (Å²) in [5.41, 5.74) is 2.63. The van der Waals surface area contributed by atoms with E-state index in [1.54, 1.807) is 29.2 Å². The van der Waals surface area contributed by atoms with Crippen LogP contribution in [0.5, 0.6) is 0 Å². The number of hydrogen-bond acceptors (Lipinski definition) is 4. The van der Waals surface area contributed by atoms with Gasteiger partial charge in [0.15, 0.2) is 0 Å². The molecule has 0 aliphatic rings. The normalized spacial score (nSPS) is 12.3. The SMILES string of the molecule is CC[C@H](C(=O)NCC(C)C)N(Cc1ccc(C)cc1)C(=O)CCCN(c1ccccc1)S(C)(=O)=O. The van der Waals surface area contributed by atoms with Gasteiger partial charge in [-0.1, -0.05) is 68.8 Å². The first-order valence-corrected chi connectivity index (χ1v) is 14.0. The Morgan fingerprint density at radius 1 is 1.00 bits per heavy atom. The largest absolute Gasteiger partial charge is 0.354 e. The number of anilines is 1. The van der Waals surface area contributed by atoms with Crippen LogP contribution in [0.4, 0.5) is 5.69 Å². The van der Waals surface area contributed by atoms with Crippen molar-refractivity contribution in [3.63, 3.8) is 0 Å². The minimum atomic E-state index is -3.49. The summed E-state index contributed by atoms with van der Waals surface area (Å²) in [6.45, 7) is 9.00. The van der Waals surface area contributed by atoms with Crippen molar-refractivity contribution >= 4 is 27.5 Å². The van der Waals surface area contributed by atoms with Gasteiger partial charge in [-0.05, 0) is 43.4 Å². The second kappa shape index (κ2) is 13.3. The van der Waals surface area contributed by atoms with Gasteiger partial charge in [0.25, 0.3) is 0 Å². The first-order chi connectivity index (χ1) is 16.5. The predicted molar refractivity (Wildman–Crippen MR) is 142 cm³/mol. The molecule has 7 nitrogen and oxygen atoms in total. The van der Waals surface area contributed by atoms with Gasteiger partial charge in [0.05, 0.1) is 11.9 Å². The van der Waals surface area contributed by atoms with Crippen molar-refractivity contribution in [1.82, 2.24) is 10.2 Å². The van der Waals surface area contributed by atoms with Crippen LogP contribution in [0.1, 0.15) is 51.2 Å². The molecule has 0 aliphatic heterocycles. The highest BCUT2D eigenvalue weighted by atomic mass is 32.2. The molecule has 192 valence electrons. The maximum atomic E-state index is 13.4. The number of carbonyl (C=O) groups excluding carboxylic acids is 2. The van der Waals surface area contributed by atoms with E-state index >= 15 is 0 Å². The predicted octanol–water partition coefficient (Wildman–Crippen LogP) is 4.12. The molecule has 0 aromatic heterocycles. The topological polar surface area (TPSA) is 86.8 Å². The zero-order chi connectivity index (χ0) is 26.0. The summed E-state index contributed by atoms with van der Waals surface area (Å²) in [4.78, 5) is 28.0. The number of rotatable bonds is 13. The molecule has 0 unspecified atom stereocenters. The molecule has 0 saturated heterocycles. The summed E-state index contributed by atoms with van der Waals surface area (Å²) >= 11 is 0. The summed E-state index contributed by atoms with van der Waals surface area (Å²) in [6, 6.07) is 16.2. The molecule has 0 bridgehead atoms. The molecule has 2 amide bonds. The molecule has 0 radical (unpaired) electrons. The molecular formula is C27H39N3O4S. The standard InChI is InChI=1S/C27H39N3O4S/c1-6-25(27(32)28-19-21(2)3)29(20-23-16-14-22(4)15-17-23)26(31)13-10-18-30(35(5,33)34)24-11-8-7-9-12-24/h7-9,11-12,14-17,21,25H,6,10,13,18-20H2,1-5H3,(H,28,32)/t25-/m1/s1. The molecule has 0 fully saturated rings. The average molecular weight is 502 g/mol. The van der Waals surface area contributed by atoms with Crippen molar-refractivity contribution in [2.45, 2.75) is 59.5 Å². The summed E-state index contributed by atoms with van der Waals surface area (Å²) in [5, 5.41) is 2.96. The Balaban J connectivity index is 2.18. The van der Waals surface area contributed by atoms with E-state index in [0.29, 0.717) is 37.5 Å². The monoisotopic (exact) mass is 501 g/mol. The van der Waals surface area contributed by atoms with Gasteiger partial charge in [-0.3, -0.25) is 13.9 Å². The van der Waals surface area contributed by atoms with E-state index in [0.717, 1.165) is 17.4 Å². The number of para-hydroxylation sites is 1. The van der Waals surface area contributed by atoms with E-state index < -0.39 is 16.1 Å². The number of benzene rings is 2. The van der Waals surface area contributed by atoms with Gasteiger partial charge in [0.2, 0.25) is 21.8 Å². The number of hydrogen-bond donors (Lipinski definition) is 1. The summed E-state index contributed by atoms with van der Waals surface area (Å²) in [7, 11) is -3.49. The molecule has 2 aromatic carbocycles. The van der Waals surface area contributed by atoms with Crippen molar-refractivity contribution in [3.8, 4) is 0 Å². The van der Waals surface area contributed by atoms with Gasteiger partial charge in [-0.25, -0.2) is 8.42 Å². The zero-order valence-electron chi connectivity index (χ0n) is 21.5. The van der Waals surface area contributed by atoms with Crippen molar-refractivity contribution in [3.05, 3.63) is 65.7 Å². The van der Waals surface area contributed by atoms with Crippen LogP contribution in [0, 0.1) is 12.8 Å². The molecule has 8 heteroatoms. The Morgan fingerprint density at radius 2 is 1.63 bits per heavy atom. The summed E-state index contributed by atoms with van der Waals surface area (Å²) in [5.74, 6) is -0.0278. The molecule has 0 saturated carbocycles. The highest BCUT2D eigenvalue weighted by Crippen LogP contribution is 2.19. The fourth-order valence-corrected chi connectivity index (χ4v) is 4.80. The highest BCUT2D eigenvalue weighted by Gasteiger charge is 2.28. The van der Waals surface area contributed by atoms with E-state index in [2.05, 4.69) is 5.32 Å². The van der Waals surface area contributed by atoms with Crippen LogP contribution in [0.2, 0.25) is 0 Å². The van der Waals surface area contributed by atoms with Crippen LogP contribution in [0.3, 0.4) is 0 Å². The van der Waals surface area contributed by atoms with Gasteiger partial charge in [0.1, 0.15) is 6.04 Å². The van der Waals surface area contributed by atoms with E-state index in [1.165, 1.54) is 4.31 Å². The lowest BCUT2D eigenvalue weighted by Crippen LogP contribution is -2.49. The van der Waals surface area contributed by atoms with Gasteiger partial charge in [0, 0.05) is 26.1 Å². The van der Waals surface area contributed by atoms with Gasteiger partial charge in [-0.2, -0.15) is 0 Å². The molecule has 0 heterocycles. The lowest BCUT2D eigenvalue weighted by Gasteiger charge is -2.31. The minimum Gasteiger partial charge on any atom is -0.354 e. The number of nitrogens with one attached hydrogen (secondary N) is 1. The number of amides is 2. The van der Waals surface area contributed by atoms with E-state index in [4.69, 9.17) is 0 Å². The average Bonchev–Trinajstić information content (AvgIpc) is 2.81. The lowest BCUT2D eigenvalue weighted by atomic mass is 10.1. The third-order valence-electron chi connectivity index (χ3n) is 5.74. The van der Waals surface area contributed by atoms with E-state index in [1.807, 2.05) is 58.0 Å². The molecule has 35 heavy (non-hydrogen) atoms. The Labute approximate surface area is 210 Å². The van der Waals surface area contributed by atoms with Crippen LogP contribution in [-0.2, 0) is 26.2 Å². The van der Waals surface area contributed by atoms with Crippen molar-refractivity contribution in [1.29, 1.82) is 0 Å². The van der Waals surface area contributed by atoms with Gasteiger partial charge in [-0.15, -0.1) is 0 Å². The molecule has 0 spiro atoms. The maximum Gasteiger partial charge on any atom is 0.242 e. The Kier molecular flexibility index (Phi) is 10.8. The van der Waals surface area contributed by atoms with Crippen LogP contribution in [0.25, 0.3) is 0 Å². The quantitative estimate of drug-likeness (QED) is 0.447. The second-order valence-electron chi connectivity index (χ2n) is 9.34. The molecule has 1 atom stereocenters. The lowest BCUT2D eigenvalue weighted by molar-refractivity contribution is -0.141. The third kappa shape index (κ3) is 9.02. The van der Waals surface area contributed by atoms with Crippen LogP contribution >= 0.6 is 0 Å². The number of aryl methyl sites for hydroxylation is 1. The molecule has 2 rings (SSSR count). The Hall–Kier alpha value is -2.87. The van der Waals surface area contributed by atoms with E-state index in [9.17, 15) is 18.0 Å². The highest BCUT2D eigenvalue weighted by molar-refractivity contribution is 7.92. The van der Waals surface area contributed by atoms with Crippen molar-refractivity contribution in [2.24, 2.45) is 5.92 Å². The zero-order valence-corrected chi connectivity index (χ0v) is 22.3. The number of nitrogens with zero attached hydrogens (tertiary/aromatic N) is 2. The van der Waals surface area contributed by atoms with Crippen LogP contribution in [0.15, 0.2) is 54.6 Å². The fraction of sp³-hybridized carbons (Fsp3) is 0.481. The Morgan fingerprint density at radius 3 is 2.17 bits per heavy atom. The molecule has 2 aromatic rings. The van der Waals surface area contributed by atoms with Gasteiger partial charge >= 0.3 is 0 Å².